The van der Waals surface area contributed by atoms with Crippen molar-refractivity contribution in [2.75, 3.05) is 25.9 Å². The lowest BCUT2D eigenvalue weighted by atomic mass is 9.97. The van der Waals surface area contributed by atoms with Gasteiger partial charge in [-0.3, -0.25) is 4.90 Å². The smallest absolute Gasteiger partial charge is 0.0596 e. The lowest BCUT2D eigenvalue weighted by molar-refractivity contribution is 0.357. The van der Waals surface area contributed by atoms with E-state index in [1.54, 1.807) is 0 Å². The van der Waals surface area contributed by atoms with E-state index in [1.165, 1.54) is 5.56 Å². The Morgan fingerprint density at radius 3 is 2.56 bits per heavy atom. The van der Waals surface area contributed by atoms with Gasteiger partial charge in [0.05, 0.1) is 6.54 Å². The van der Waals surface area contributed by atoms with Crippen LogP contribution in [0.2, 0.25) is 0 Å². The quantitative estimate of drug-likeness (QED) is 0.604. The molecular weight excluding hydrogens is 196 g/mol. The highest BCUT2D eigenvalue weighted by Crippen LogP contribution is 2.20. The molecule has 2 heteroatoms. The molecule has 0 heterocycles. The topological polar surface area (TPSA) is 29.3 Å². The summed E-state index contributed by atoms with van der Waals surface area (Å²) in [6.07, 6.45) is 6.37. The first-order valence-corrected chi connectivity index (χ1v) is 5.61. The molecule has 16 heavy (non-hydrogen) atoms. The Balaban J connectivity index is 2.44. The van der Waals surface area contributed by atoms with Crippen LogP contribution in [0.25, 0.3) is 0 Å². The van der Waals surface area contributed by atoms with E-state index >= 15 is 0 Å². The fourth-order valence-electron chi connectivity index (χ4n) is 1.64. The molecule has 1 rings (SSSR count). The fourth-order valence-corrected chi connectivity index (χ4v) is 1.64. The van der Waals surface area contributed by atoms with Crippen molar-refractivity contribution in [1.29, 1.82) is 0 Å². The second-order valence-electron chi connectivity index (χ2n) is 4.30. The molecule has 0 saturated carbocycles. The molecule has 0 aliphatic carbocycles. The Morgan fingerprint density at radius 2 is 2.00 bits per heavy atom. The summed E-state index contributed by atoms with van der Waals surface area (Å²) in [7, 11) is 2.05. The summed E-state index contributed by atoms with van der Waals surface area (Å²) in [6, 6.07) is 8.11. The summed E-state index contributed by atoms with van der Waals surface area (Å²) in [5, 5.41) is 0. The van der Waals surface area contributed by atoms with Gasteiger partial charge in [0.25, 0.3) is 0 Å². The van der Waals surface area contributed by atoms with Gasteiger partial charge in [-0.15, -0.1) is 6.42 Å². The molecule has 2 N–H and O–H groups in total. The minimum absolute atomic E-state index is 0.542. The van der Waals surface area contributed by atoms with Crippen LogP contribution in [0, 0.1) is 12.3 Å². The highest BCUT2D eigenvalue weighted by molar-refractivity contribution is 5.40. The number of nitrogen functional groups attached to an aromatic ring is 1. The number of nitrogens with zero attached hydrogens (tertiary/aromatic N) is 1. The molecule has 1 unspecified atom stereocenters. The highest BCUT2D eigenvalue weighted by Gasteiger charge is 2.06. The van der Waals surface area contributed by atoms with Gasteiger partial charge in [0, 0.05) is 5.69 Å². The summed E-state index contributed by atoms with van der Waals surface area (Å²) in [6.45, 7) is 3.97. The summed E-state index contributed by atoms with van der Waals surface area (Å²) >= 11 is 0. The van der Waals surface area contributed by atoms with Crippen LogP contribution in [0.4, 0.5) is 5.69 Å². The second kappa shape index (κ2) is 6.19. The summed E-state index contributed by atoms with van der Waals surface area (Å²) < 4.78 is 0. The Labute approximate surface area is 98.4 Å². The standard InChI is InChI=1S/C14H20N2/c1-4-10-16(3)11-9-12(2)13-5-7-14(15)8-6-13/h1,5-8,12H,9-11,15H2,2-3H3. The number of rotatable bonds is 5. The fraction of sp³-hybridized carbons (Fsp3) is 0.429. The lowest BCUT2D eigenvalue weighted by Crippen LogP contribution is -2.21. The van der Waals surface area contributed by atoms with Gasteiger partial charge in [-0.1, -0.05) is 25.0 Å². The third kappa shape index (κ3) is 3.96. The SMILES string of the molecule is C#CCN(C)CCC(C)c1ccc(N)cc1. The first kappa shape index (κ1) is 12.6. The second-order valence-corrected chi connectivity index (χ2v) is 4.30. The molecule has 0 bridgehead atoms. The maximum absolute atomic E-state index is 5.66. The predicted molar refractivity (Wildman–Crippen MR) is 70.2 cm³/mol. The molecule has 0 aliphatic rings. The van der Waals surface area contributed by atoms with E-state index in [9.17, 15) is 0 Å². The van der Waals surface area contributed by atoms with E-state index < -0.39 is 0 Å². The number of hydrogen-bond acceptors (Lipinski definition) is 2. The molecule has 0 saturated heterocycles. The predicted octanol–water partition coefficient (Wildman–Crippen LogP) is 2.33. The molecular formula is C14H20N2. The van der Waals surface area contributed by atoms with Crippen LogP contribution in [0.3, 0.4) is 0 Å². The number of nitrogens with two attached hydrogens (primary N) is 1. The zero-order valence-corrected chi connectivity index (χ0v) is 10.1. The van der Waals surface area contributed by atoms with Crippen LogP contribution in [-0.2, 0) is 0 Å². The number of hydrogen-bond donors (Lipinski definition) is 1. The molecule has 1 atom stereocenters. The van der Waals surface area contributed by atoms with E-state index in [2.05, 4.69) is 36.9 Å². The van der Waals surface area contributed by atoms with E-state index in [-0.39, 0.29) is 0 Å². The molecule has 0 radical (unpaired) electrons. The number of terminal acetylenes is 1. The average molecular weight is 216 g/mol. The van der Waals surface area contributed by atoms with Crippen molar-refractivity contribution in [1.82, 2.24) is 4.90 Å². The monoisotopic (exact) mass is 216 g/mol. The van der Waals surface area contributed by atoms with Gasteiger partial charge in [-0.05, 0) is 43.6 Å². The molecule has 0 aromatic heterocycles. The minimum atomic E-state index is 0.542. The van der Waals surface area contributed by atoms with Crippen molar-refractivity contribution in [3.8, 4) is 12.3 Å². The zero-order chi connectivity index (χ0) is 12.0. The Kier molecular flexibility index (Phi) is 4.88. The Hall–Kier alpha value is -1.46. The van der Waals surface area contributed by atoms with Gasteiger partial charge >= 0.3 is 0 Å². The highest BCUT2D eigenvalue weighted by atomic mass is 15.1. The van der Waals surface area contributed by atoms with Gasteiger partial charge in [0.1, 0.15) is 0 Å². The van der Waals surface area contributed by atoms with E-state index in [1.807, 2.05) is 12.1 Å². The van der Waals surface area contributed by atoms with Gasteiger partial charge in [-0.25, -0.2) is 0 Å². The molecule has 0 fully saturated rings. The van der Waals surface area contributed by atoms with Crippen molar-refractivity contribution >= 4 is 5.69 Å². The van der Waals surface area contributed by atoms with Crippen LogP contribution in [-0.4, -0.2) is 25.0 Å². The van der Waals surface area contributed by atoms with Gasteiger partial charge in [0.15, 0.2) is 0 Å². The van der Waals surface area contributed by atoms with Crippen LogP contribution in [0.15, 0.2) is 24.3 Å². The molecule has 0 spiro atoms. The number of benzene rings is 1. The van der Waals surface area contributed by atoms with Crippen molar-refractivity contribution < 1.29 is 0 Å². The Bertz CT molecular complexity index is 348. The number of anilines is 1. The van der Waals surface area contributed by atoms with Crippen LogP contribution >= 0.6 is 0 Å². The molecule has 1 aromatic rings. The van der Waals surface area contributed by atoms with Crippen molar-refractivity contribution in [3.05, 3.63) is 29.8 Å². The van der Waals surface area contributed by atoms with Crippen LogP contribution in [0.5, 0.6) is 0 Å². The first-order chi connectivity index (χ1) is 7.63. The van der Waals surface area contributed by atoms with Crippen molar-refractivity contribution in [3.63, 3.8) is 0 Å². The minimum Gasteiger partial charge on any atom is -0.399 e. The van der Waals surface area contributed by atoms with Crippen molar-refractivity contribution in [2.45, 2.75) is 19.3 Å². The van der Waals surface area contributed by atoms with Crippen LogP contribution < -0.4 is 5.73 Å². The molecule has 2 nitrogen and oxygen atoms in total. The summed E-state index contributed by atoms with van der Waals surface area (Å²) in [5.74, 6) is 3.19. The maximum Gasteiger partial charge on any atom is 0.0596 e. The molecule has 0 aliphatic heterocycles. The molecule has 0 amide bonds. The van der Waals surface area contributed by atoms with E-state index in [4.69, 9.17) is 12.2 Å². The molecule has 1 aromatic carbocycles. The maximum atomic E-state index is 5.66. The van der Waals surface area contributed by atoms with Crippen LogP contribution in [0.1, 0.15) is 24.8 Å². The zero-order valence-electron chi connectivity index (χ0n) is 10.1. The average Bonchev–Trinajstić information content (AvgIpc) is 2.27. The first-order valence-electron chi connectivity index (χ1n) is 5.61. The summed E-state index contributed by atoms with van der Waals surface area (Å²) in [5.41, 5.74) is 7.81. The van der Waals surface area contributed by atoms with Gasteiger partial charge in [0.2, 0.25) is 0 Å². The third-order valence-electron chi connectivity index (χ3n) is 2.81. The van der Waals surface area contributed by atoms with Crippen molar-refractivity contribution in [2.24, 2.45) is 0 Å². The third-order valence-corrected chi connectivity index (χ3v) is 2.81. The molecule has 86 valence electrons. The van der Waals surface area contributed by atoms with Gasteiger partial charge < -0.3 is 5.73 Å². The normalized spacial score (nSPS) is 12.4. The van der Waals surface area contributed by atoms with Gasteiger partial charge in [-0.2, -0.15) is 0 Å². The Morgan fingerprint density at radius 1 is 1.38 bits per heavy atom. The lowest BCUT2D eigenvalue weighted by Gasteiger charge is -2.17. The van der Waals surface area contributed by atoms with E-state index in [0.717, 1.165) is 18.7 Å². The summed E-state index contributed by atoms with van der Waals surface area (Å²) in [4.78, 5) is 2.16. The van der Waals surface area contributed by atoms with E-state index in [0.29, 0.717) is 12.5 Å². The largest absolute Gasteiger partial charge is 0.399 e.